The molecule has 7 aromatic rings. The maximum atomic E-state index is 13.2. The second-order valence-corrected chi connectivity index (χ2v) is 21.3. The zero-order valence-corrected chi connectivity index (χ0v) is 42.7. The molecule has 0 unspecified atom stereocenters. The average molecular weight is 1030 g/mol. The monoisotopic (exact) mass is 1020 g/mol. The summed E-state index contributed by atoms with van der Waals surface area (Å²) in [5, 5.41) is 2.49. The summed E-state index contributed by atoms with van der Waals surface area (Å²) in [5.41, 5.74) is 8.46. The van der Waals surface area contributed by atoms with Gasteiger partial charge in [0.25, 0.3) is 0 Å². The highest BCUT2D eigenvalue weighted by Crippen LogP contribution is 2.46. The Hall–Kier alpha value is -3.98. The highest BCUT2D eigenvalue weighted by atomic mass is 79.9. The van der Waals surface area contributed by atoms with Gasteiger partial charge in [-0.25, -0.2) is 24.5 Å². The number of pyridine rings is 1. The van der Waals surface area contributed by atoms with Crippen LogP contribution in [0.2, 0.25) is 15.2 Å². The summed E-state index contributed by atoms with van der Waals surface area (Å²) in [5.74, 6) is -0.825. The smallest absolute Gasteiger partial charge is 0.339 e. The van der Waals surface area contributed by atoms with E-state index < -0.39 is 35.3 Å². The second kappa shape index (κ2) is 20.7. The van der Waals surface area contributed by atoms with Crippen LogP contribution in [-0.4, -0.2) is 51.3 Å². The zero-order valence-electron chi connectivity index (χ0n) is 37.2. The number of fused-ring (bicyclic) bond motifs is 2. The predicted octanol–water partition coefficient (Wildman–Crippen LogP) is 15.2. The summed E-state index contributed by atoms with van der Waals surface area (Å²) in [6.07, 6.45) is -0.106. The Bertz CT molecular complexity index is 2800. The molecular formula is C49H49BrCl3N3O6S2. The topological polar surface area (TPSA) is 110 Å². The molecule has 0 aliphatic carbocycles. The highest BCUT2D eigenvalue weighted by molar-refractivity contribution is 9.11. The van der Waals surface area contributed by atoms with Crippen LogP contribution in [0.5, 0.6) is 0 Å². The minimum Gasteiger partial charge on any atom is -0.464 e. The lowest BCUT2D eigenvalue weighted by Crippen LogP contribution is -2.29. The van der Waals surface area contributed by atoms with E-state index >= 15 is 0 Å². The normalized spacial score (nSPS) is 12.8. The molecule has 0 aliphatic rings. The third-order valence-electron chi connectivity index (χ3n) is 9.54. The molecule has 0 spiro atoms. The van der Waals surface area contributed by atoms with E-state index in [1.807, 2.05) is 122 Å². The van der Waals surface area contributed by atoms with Gasteiger partial charge in [-0.3, -0.25) is 0 Å². The van der Waals surface area contributed by atoms with Crippen molar-refractivity contribution in [2.45, 2.75) is 92.6 Å². The fourth-order valence-electron chi connectivity index (χ4n) is 7.13. The molecule has 9 nitrogen and oxygen atoms in total. The van der Waals surface area contributed by atoms with Crippen molar-refractivity contribution in [2.75, 3.05) is 13.2 Å². The molecule has 0 saturated heterocycles. The van der Waals surface area contributed by atoms with Gasteiger partial charge in [-0.05, 0) is 156 Å². The van der Waals surface area contributed by atoms with Crippen molar-refractivity contribution < 1.29 is 28.5 Å². The fraction of sp³-hybridized carbons (Fsp3) is 0.327. The number of carbonyl (C=O) groups is 2. The summed E-state index contributed by atoms with van der Waals surface area (Å²) in [7, 11) is 0. The van der Waals surface area contributed by atoms with E-state index in [4.69, 9.17) is 58.7 Å². The average Bonchev–Trinajstić information content (AvgIpc) is 3.81. The van der Waals surface area contributed by atoms with E-state index in [1.165, 1.54) is 22.7 Å². The van der Waals surface area contributed by atoms with E-state index in [9.17, 15) is 9.59 Å². The molecular weight excluding hydrogens is 977 g/mol. The second-order valence-electron chi connectivity index (χ2n) is 16.8. The molecule has 0 N–H and O–H groups in total. The Morgan fingerprint density at radius 1 is 0.641 bits per heavy atom. The minimum absolute atomic E-state index is 0.258. The standard InChI is InChI=1S/C27H26Cl2N2O3S.C22H23BrClNO3S/c1-6-33-26(32)23(34-27(3,4)5)21-15(2)13-19-24(22(21)16-7-9-18(28)10-8-16)35-25(31-19)17-11-12-30-20(29)14-17;1-6-27-20(26)18(28-22(3,4)5)16-12(2)11-15-19(29-21(23)25-15)17(16)13-7-9-14(24)10-8-13/h7-14,23H,6H2,1-5H3;7-11,18H,6H2,1-5H3/t23-;18-/m00/s1. The van der Waals surface area contributed by atoms with Gasteiger partial charge in [0.1, 0.15) is 10.2 Å². The number of hydrogen-bond acceptors (Lipinski definition) is 11. The molecule has 4 aromatic carbocycles. The molecule has 0 aliphatic heterocycles. The molecule has 0 bridgehead atoms. The SMILES string of the molecule is CCOC(=O)[C@@H](OC(C)(C)C)c1c(C)cc2nc(-c3ccnc(Cl)c3)sc2c1-c1ccc(Cl)cc1.CCOC(=O)[C@@H](OC(C)(C)C)c1c(C)cc2nc(Br)sc2c1-c1ccc(Cl)cc1. The molecule has 3 aromatic heterocycles. The van der Waals surface area contributed by atoms with Crippen LogP contribution in [0.1, 0.15) is 89.9 Å². The van der Waals surface area contributed by atoms with Crippen molar-refractivity contribution in [3.63, 3.8) is 0 Å². The number of rotatable bonds is 11. The van der Waals surface area contributed by atoms with Crippen molar-refractivity contribution in [3.05, 3.63) is 120 Å². The molecule has 0 radical (unpaired) electrons. The van der Waals surface area contributed by atoms with Gasteiger partial charge in [0.05, 0.1) is 44.8 Å². The lowest BCUT2D eigenvalue weighted by Gasteiger charge is -2.29. The number of hydrogen-bond donors (Lipinski definition) is 0. The van der Waals surface area contributed by atoms with Crippen LogP contribution in [0.25, 0.3) is 53.3 Å². The van der Waals surface area contributed by atoms with Gasteiger partial charge in [-0.2, -0.15) is 0 Å². The van der Waals surface area contributed by atoms with Crippen molar-refractivity contribution in [1.29, 1.82) is 0 Å². The number of aromatic nitrogens is 3. The van der Waals surface area contributed by atoms with Crippen LogP contribution in [-0.2, 0) is 28.5 Å². The predicted molar refractivity (Wildman–Crippen MR) is 266 cm³/mol. The van der Waals surface area contributed by atoms with E-state index in [-0.39, 0.29) is 13.2 Å². The van der Waals surface area contributed by atoms with Crippen LogP contribution >= 0.6 is 73.4 Å². The summed E-state index contributed by atoms with van der Waals surface area (Å²) in [4.78, 5) is 39.7. The Labute approximate surface area is 405 Å². The van der Waals surface area contributed by atoms with Crippen molar-refractivity contribution in [3.8, 4) is 32.8 Å². The number of aryl methyl sites for hydroxylation is 2. The lowest BCUT2D eigenvalue weighted by molar-refractivity contribution is -0.167. The number of carbonyl (C=O) groups excluding carboxylic acids is 2. The summed E-state index contributed by atoms with van der Waals surface area (Å²) in [6, 6.07) is 22.8. The molecule has 0 saturated carbocycles. The van der Waals surface area contributed by atoms with E-state index in [0.717, 1.165) is 79.4 Å². The van der Waals surface area contributed by atoms with Crippen molar-refractivity contribution in [2.24, 2.45) is 0 Å². The molecule has 64 heavy (non-hydrogen) atoms. The summed E-state index contributed by atoms with van der Waals surface area (Å²) in [6.45, 7) is 19.6. The Kier molecular flexibility index (Phi) is 16.0. The Balaban J connectivity index is 0.000000216. The van der Waals surface area contributed by atoms with Gasteiger partial charge in [0.2, 0.25) is 0 Å². The first-order valence-corrected chi connectivity index (χ1v) is 24.1. The van der Waals surface area contributed by atoms with Crippen molar-refractivity contribution >= 4 is 106 Å². The van der Waals surface area contributed by atoms with Gasteiger partial charge >= 0.3 is 11.9 Å². The first kappa shape index (κ1) is 49.5. The Morgan fingerprint density at radius 2 is 1.08 bits per heavy atom. The molecule has 7 rings (SSSR count). The van der Waals surface area contributed by atoms with Crippen LogP contribution in [0.15, 0.2) is 82.9 Å². The van der Waals surface area contributed by atoms with Gasteiger partial charge in [0.15, 0.2) is 16.1 Å². The molecule has 3 heterocycles. The zero-order chi connectivity index (χ0) is 46.7. The largest absolute Gasteiger partial charge is 0.464 e. The lowest BCUT2D eigenvalue weighted by atomic mass is 9.91. The quantitative estimate of drug-likeness (QED) is 0.0924. The number of benzene rings is 4. The summed E-state index contributed by atoms with van der Waals surface area (Å²) < 4.78 is 26.1. The van der Waals surface area contributed by atoms with Gasteiger partial charge in [-0.1, -0.05) is 59.1 Å². The van der Waals surface area contributed by atoms with Gasteiger partial charge in [0, 0.05) is 44.1 Å². The Morgan fingerprint density at radius 3 is 1.50 bits per heavy atom. The van der Waals surface area contributed by atoms with Crippen molar-refractivity contribution in [1.82, 2.24) is 15.0 Å². The number of thiazole rings is 2. The fourth-order valence-corrected chi connectivity index (χ4v) is 10.2. The number of esters is 2. The number of nitrogens with zero attached hydrogens (tertiary/aromatic N) is 3. The van der Waals surface area contributed by atoms with Crippen LogP contribution in [0.4, 0.5) is 0 Å². The molecule has 0 fully saturated rings. The third-order valence-corrected chi connectivity index (χ3v) is 12.9. The van der Waals surface area contributed by atoms with Crippen LogP contribution < -0.4 is 0 Å². The number of ether oxygens (including phenoxy) is 4. The summed E-state index contributed by atoms with van der Waals surface area (Å²) >= 11 is 25.0. The van der Waals surface area contributed by atoms with Gasteiger partial charge < -0.3 is 18.9 Å². The first-order valence-electron chi connectivity index (χ1n) is 20.5. The van der Waals surface area contributed by atoms with Crippen LogP contribution in [0, 0.1) is 13.8 Å². The number of halogens is 4. The molecule has 336 valence electrons. The molecule has 0 amide bonds. The maximum absolute atomic E-state index is 13.2. The molecule has 15 heteroatoms. The van der Waals surface area contributed by atoms with E-state index in [2.05, 4.69) is 25.9 Å². The van der Waals surface area contributed by atoms with E-state index in [1.54, 1.807) is 26.1 Å². The molecule has 2 atom stereocenters. The van der Waals surface area contributed by atoms with Gasteiger partial charge in [-0.15, -0.1) is 22.7 Å². The first-order chi connectivity index (χ1) is 30.2. The highest BCUT2D eigenvalue weighted by Gasteiger charge is 2.35. The van der Waals surface area contributed by atoms with E-state index in [0.29, 0.717) is 15.2 Å². The van der Waals surface area contributed by atoms with Crippen LogP contribution in [0.3, 0.4) is 0 Å². The minimum atomic E-state index is -0.911. The third kappa shape index (κ3) is 11.9. The maximum Gasteiger partial charge on any atom is 0.339 e.